The number of anilines is 2. The van der Waals surface area contributed by atoms with Crippen LogP contribution in [0.1, 0.15) is 33.6 Å². The van der Waals surface area contributed by atoms with Gasteiger partial charge in [0.1, 0.15) is 5.75 Å². The second-order valence-corrected chi connectivity index (χ2v) is 5.15. The molecule has 0 spiro atoms. The molecule has 17 heavy (non-hydrogen) atoms. The van der Waals surface area contributed by atoms with Crippen LogP contribution in [0.4, 0.5) is 11.4 Å². The van der Waals surface area contributed by atoms with E-state index in [2.05, 4.69) is 12.2 Å². The fourth-order valence-electron chi connectivity index (χ4n) is 1.99. The summed E-state index contributed by atoms with van der Waals surface area (Å²) < 4.78 is 5.68. The molecule has 0 aromatic heterocycles. The van der Waals surface area contributed by atoms with Gasteiger partial charge < -0.3 is 15.8 Å². The van der Waals surface area contributed by atoms with E-state index in [9.17, 15) is 0 Å². The van der Waals surface area contributed by atoms with Crippen molar-refractivity contribution in [1.29, 1.82) is 0 Å². The number of hydrogen-bond acceptors (Lipinski definition) is 3. The van der Waals surface area contributed by atoms with E-state index >= 15 is 0 Å². The molecule has 1 saturated carbocycles. The van der Waals surface area contributed by atoms with Gasteiger partial charge >= 0.3 is 0 Å². The van der Waals surface area contributed by atoms with Crippen molar-refractivity contribution in [2.24, 2.45) is 5.92 Å². The number of nitrogens with one attached hydrogen (secondary N) is 1. The van der Waals surface area contributed by atoms with Gasteiger partial charge in [0, 0.05) is 6.04 Å². The van der Waals surface area contributed by atoms with Crippen molar-refractivity contribution in [3.63, 3.8) is 0 Å². The Morgan fingerprint density at radius 3 is 2.59 bits per heavy atom. The van der Waals surface area contributed by atoms with E-state index in [1.165, 1.54) is 12.8 Å². The topological polar surface area (TPSA) is 47.3 Å². The van der Waals surface area contributed by atoms with E-state index in [0.29, 0.717) is 11.7 Å². The molecule has 0 radical (unpaired) electrons. The average Bonchev–Trinajstić information content (AvgIpc) is 3.06. The van der Waals surface area contributed by atoms with Crippen LogP contribution in [-0.2, 0) is 0 Å². The first-order valence-corrected chi connectivity index (χ1v) is 6.39. The van der Waals surface area contributed by atoms with Crippen molar-refractivity contribution in [3.05, 3.63) is 18.2 Å². The predicted molar refractivity (Wildman–Crippen MR) is 72.4 cm³/mol. The van der Waals surface area contributed by atoms with Crippen molar-refractivity contribution >= 4 is 11.4 Å². The van der Waals surface area contributed by atoms with Crippen LogP contribution < -0.4 is 15.8 Å². The lowest BCUT2D eigenvalue weighted by molar-refractivity contribution is 0.244. The highest BCUT2D eigenvalue weighted by molar-refractivity contribution is 5.73. The SMILES string of the molecule is CC(C)Oc1cccc(NC(C)C2CC2)c1N. The van der Waals surface area contributed by atoms with Gasteiger partial charge in [0.2, 0.25) is 0 Å². The van der Waals surface area contributed by atoms with Crippen molar-refractivity contribution in [1.82, 2.24) is 0 Å². The molecule has 3 heteroatoms. The molecular weight excluding hydrogens is 212 g/mol. The Hall–Kier alpha value is -1.38. The summed E-state index contributed by atoms with van der Waals surface area (Å²) in [7, 11) is 0. The van der Waals surface area contributed by atoms with Crippen LogP contribution in [0.25, 0.3) is 0 Å². The first-order chi connectivity index (χ1) is 8.08. The summed E-state index contributed by atoms with van der Waals surface area (Å²) >= 11 is 0. The zero-order valence-corrected chi connectivity index (χ0v) is 10.9. The van der Waals surface area contributed by atoms with Crippen molar-refractivity contribution in [2.75, 3.05) is 11.1 Å². The Kier molecular flexibility index (Phi) is 3.46. The fourth-order valence-corrected chi connectivity index (χ4v) is 1.99. The molecule has 1 unspecified atom stereocenters. The number of ether oxygens (including phenoxy) is 1. The Bertz CT molecular complexity index is 386. The monoisotopic (exact) mass is 234 g/mol. The molecule has 3 N–H and O–H groups in total. The van der Waals surface area contributed by atoms with Gasteiger partial charge in [-0.2, -0.15) is 0 Å². The standard InChI is InChI=1S/C14H22N2O/c1-9(2)17-13-6-4-5-12(14(13)15)16-10(3)11-7-8-11/h4-6,9-11,16H,7-8,15H2,1-3H3. The van der Waals surface area contributed by atoms with Gasteiger partial charge in [-0.25, -0.2) is 0 Å². The first kappa shape index (κ1) is 12.1. The van der Waals surface area contributed by atoms with E-state index < -0.39 is 0 Å². The predicted octanol–water partition coefficient (Wildman–Crippen LogP) is 3.27. The molecule has 0 aliphatic heterocycles. The number of para-hydroxylation sites is 1. The fraction of sp³-hybridized carbons (Fsp3) is 0.571. The van der Waals surface area contributed by atoms with E-state index in [4.69, 9.17) is 10.5 Å². The molecule has 1 aromatic carbocycles. The zero-order valence-electron chi connectivity index (χ0n) is 10.9. The maximum absolute atomic E-state index is 6.11. The van der Waals surface area contributed by atoms with Crippen LogP contribution in [0.3, 0.4) is 0 Å². The first-order valence-electron chi connectivity index (χ1n) is 6.39. The molecule has 2 rings (SSSR count). The minimum absolute atomic E-state index is 0.147. The Morgan fingerprint density at radius 1 is 1.29 bits per heavy atom. The second kappa shape index (κ2) is 4.86. The summed E-state index contributed by atoms with van der Waals surface area (Å²) in [5.74, 6) is 1.58. The molecule has 94 valence electrons. The molecule has 1 aromatic rings. The average molecular weight is 234 g/mol. The lowest BCUT2D eigenvalue weighted by atomic mass is 10.2. The summed E-state index contributed by atoms with van der Waals surface area (Å²) in [6.07, 6.45) is 2.81. The third kappa shape index (κ3) is 3.05. The highest BCUT2D eigenvalue weighted by atomic mass is 16.5. The molecule has 1 fully saturated rings. The van der Waals surface area contributed by atoms with Crippen LogP contribution in [0.2, 0.25) is 0 Å². The number of nitrogens with two attached hydrogens (primary N) is 1. The Labute approximate surface area is 103 Å². The summed E-state index contributed by atoms with van der Waals surface area (Å²) in [5.41, 5.74) is 7.82. The highest BCUT2D eigenvalue weighted by Gasteiger charge is 2.28. The molecule has 0 heterocycles. The lowest BCUT2D eigenvalue weighted by Crippen LogP contribution is -2.18. The van der Waals surface area contributed by atoms with Crippen molar-refractivity contribution in [2.45, 2.75) is 45.8 Å². The van der Waals surface area contributed by atoms with Gasteiger partial charge in [-0.05, 0) is 51.7 Å². The second-order valence-electron chi connectivity index (χ2n) is 5.15. The van der Waals surface area contributed by atoms with E-state index in [1.54, 1.807) is 0 Å². The summed E-state index contributed by atoms with van der Waals surface area (Å²) in [5, 5.41) is 3.48. The van der Waals surface area contributed by atoms with Crippen LogP contribution in [0.15, 0.2) is 18.2 Å². The summed E-state index contributed by atoms with van der Waals surface area (Å²) in [4.78, 5) is 0. The lowest BCUT2D eigenvalue weighted by Gasteiger charge is -2.19. The van der Waals surface area contributed by atoms with Gasteiger partial charge in [-0.15, -0.1) is 0 Å². The summed E-state index contributed by atoms with van der Waals surface area (Å²) in [6.45, 7) is 6.23. The highest BCUT2D eigenvalue weighted by Crippen LogP contribution is 2.36. The molecular formula is C14H22N2O. The van der Waals surface area contributed by atoms with Gasteiger partial charge in [0.15, 0.2) is 0 Å². The minimum Gasteiger partial charge on any atom is -0.489 e. The van der Waals surface area contributed by atoms with E-state index in [0.717, 1.165) is 17.4 Å². The van der Waals surface area contributed by atoms with Crippen LogP contribution in [-0.4, -0.2) is 12.1 Å². The number of benzene rings is 1. The number of nitrogen functional groups attached to an aromatic ring is 1. The maximum Gasteiger partial charge on any atom is 0.144 e. The smallest absolute Gasteiger partial charge is 0.144 e. The van der Waals surface area contributed by atoms with Gasteiger partial charge in [-0.1, -0.05) is 6.07 Å². The third-order valence-corrected chi connectivity index (χ3v) is 3.14. The number of hydrogen-bond donors (Lipinski definition) is 2. The Morgan fingerprint density at radius 2 is 2.00 bits per heavy atom. The van der Waals surface area contributed by atoms with Crippen LogP contribution >= 0.6 is 0 Å². The maximum atomic E-state index is 6.11. The van der Waals surface area contributed by atoms with Crippen molar-refractivity contribution < 1.29 is 4.74 Å². The molecule has 0 amide bonds. The van der Waals surface area contributed by atoms with Crippen LogP contribution in [0.5, 0.6) is 5.75 Å². The van der Waals surface area contributed by atoms with Crippen LogP contribution in [0, 0.1) is 5.92 Å². The number of rotatable bonds is 5. The van der Waals surface area contributed by atoms with Gasteiger partial charge in [0.25, 0.3) is 0 Å². The molecule has 0 bridgehead atoms. The van der Waals surface area contributed by atoms with Gasteiger partial charge in [-0.3, -0.25) is 0 Å². The quantitative estimate of drug-likeness (QED) is 0.769. The zero-order chi connectivity index (χ0) is 12.4. The molecule has 1 aliphatic carbocycles. The normalized spacial score (nSPS) is 16.9. The largest absolute Gasteiger partial charge is 0.489 e. The van der Waals surface area contributed by atoms with E-state index in [-0.39, 0.29) is 6.10 Å². The van der Waals surface area contributed by atoms with Crippen molar-refractivity contribution in [3.8, 4) is 5.75 Å². The molecule has 1 atom stereocenters. The van der Waals surface area contributed by atoms with E-state index in [1.807, 2.05) is 32.0 Å². The minimum atomic E-state index is 0.147. The summed E-state index contributed by atoms with van der Waals surface area (Å²) in [6, 6.07) is 6.41. The Balaban J connectivity index is 2.10. The molecule has 3 nitrogen and oxygen atoms in total. The third-order valence-electron chi connectivity index (χ3n) is 3.14. The molecule has 1 aliphatic rings. The molecule has 0 saturated heterocycles. The van der Waals surface area contributed by atoms with Gasteiger partial charge in [0.05, 0.1) is 17.5 Å².